The van der Waals surface area contributed by atoms with Gasteiger partial charge in [-0.1, -0.05) is 35.6 Å². The third-order valence-electron chi connectivity index (χ3n) is 4.08. The molecule has 4 rings (SSSR count). The number of halogens is 1. The molecule has 4 aromatic rings. The topological polar surface area (TPSA) is 62.5 Å². The molecule has 0 fully saturated rings. The number of fused-ring (bicyclic) bond motifs is 1. The van der Waals surface area contributed by atoms with E-state index in [1.54, 1.807) is 16.6 Å². The predicted octanol–water partition coefficient (Wildman–Crippen LogP) is 3.74. The molecule has 5 nitrogen and oxygen atoms in total. The molecule has 2 N–H and O–H groups in total. The van der Waals surface area contributed by atoms with Gasteiger partial charge >= 0.3 is 0 Å². The Labute approximate surface area is 153 Å². The number of anilines is 1. The SMILES string of the molecule is OCc1ccc(CCNc2nn3cc(-c4ccc(F)cc4)nc3s2)cc1. The van der Waals surface area contributed by atoms with Crippen LogP contribution in [0.1, 0.15) is 11.1 Å². The van der Waals surface area contributed by atoms with Crippen molar-refractivity contribution in [3.8, 4) is 11.3 Å². The van der Waals surface area contributed by atoms with Crippen molar-refractivity contribution in [3.05, 3.63) is 71.7 Å². The highest BCUT2D eigenvalue weighted by Crippen LogP contribution is 2.24. The molecular formula is C19H17FN4OS. The molecule has 132 valence electrons. The van der Waals surface area contributed by atoms with Gasteiger partial charge in [0.15, 0.2) is 0 Å². The van der Waals surface area contributed by atoms with Gasteiger partial charge in [0.2, 0.25) is 10.1 Å². The average molecular weight is 368 g/mol. The number of hydrogen-bond acceptors (Lipinski definition) is 5. The van der Waals surface area contributed by atoms with Gasteiger partial charge in [-0.25, -0.2) is 13.9 Å². The van der Waals surface area contributed by atoms with Crippen LogP contribution in [-0.2, 0) is 13.0 Å². The third kappa shape index (κ3) is 3.58. The van der Waals surface area contributed by atoms with Crippen molar-refractivity contribution in [1.82, 2.24) is 14.6 Å². The van der Waals surface area contributed by atoms with Crippen LogP contribution in [0.3, 0.4) is 0 Å². The highest BCUT2D eigenvalue weighted by molar-refractivity contribution is 7.20. The van der Waals surface area contributed by atoms with Crippen LogP contribution < -0.4 is 5.32 Å². The molecule has 0 aliphatic heterocycles. The largest absolute Gasteiger partial charge is 0.392 e. The monoisotopic (exact) mass is 368 g/mol. The smallest absolute Gasteiger partial charge is 0.214 e. The van der Waals surface area contributed by atoms with Crippen molar-refractivity contribution >= 4 is 21.4 Å². The molecule has 2 aromatic carbocycles. The number of hydrogen-bond donors (Lipinski definition) is 2. The van der Waals surface area contributed by atoms with E-state index in [1.807, 2.05) is 30.5 Å². The first-order valence-electron chi connectivity index (χ1n) is 8.26. The first-order valence-corrected chi connectivity index (χ1v) is 9.07. The van der Waals surface area contributed by atoms with Crippen molar-refractivity contribution in [2.45, 2.75) is 13.0 Å². The molecule has 0 radical (unpaired) electrons. The number of imidazole rings is 1. The van der Waals surface area contributed by atoms with E-state index >= 15 is 0 Å². The van der Waals surface area contributed by atoms with Gasteiger partial charge in [0, 0.05) is 12.1 Å². The first-order chi connectivity index (χ1) is 12.7. The summed E-state index contributed by atoms with van der Waals surface area (Å²) >= 11 is 1.48. The minimum atomic E-state index is -0.259. The maximum Gasteiger partial charge on any atom is 0.214 e. The minimum absolute atomic E-state index is 0.0668. The number of nitrogens with one attached hydrogen (secondary N) is 1. The summed E-state index contributed by atoms with van der Waals surface area (Å²) in [7, 11) is 0. The minimum Gasteiger partial charge on any atom is -0.392 e. The molecule has 2 heterocycles. The normalized spacial score (nSPS) is 11.2. The summed E-state index contributed by atoms with van der Waals surface area (Å²) in [6.45, 7) is 0.831. The zero-order chi connectivity index (χ0) is 17.9. The zero-order valence-corrected chi connectivity index (χ0v) is 14.7. The fourth-order valence-corrected chi connectivity index (χ4v) is 3.46. The Morgan fingerprint density at radius 3 is 2.46 bits per heavy atom. The lowest BCUT2D eigenvalue weighted by Gasteiger charge is -2.03. The van der Waals surface area contributed by atoms with Gasteiger partial charge in [-0.2, -0.15) is 0 Å². The highest BCUT2D eigenvalue weighted by atomic mass is 32.1. The Balaban J connectivity index is 1.40. The van der Waals surface area contributed by atoms with Gasteiger partial charge in [-0.3, -0.25) is 0 Å². The maximum absolute atomic E-state index is 13.0. The van der Waals surface area contributed by atoms with Crippen LogP contribution in [0.2, 0.25) is 0 Å². The summed E-state index contributed by atoms with van der Waals surface area (Å²) in [6.07, 6.45) is 2.71. The predicted molar refractivity (Wildman–Crippen MR) is 101 cm³/mol. The standard InChI is InChI=1S/C19H17FN4OS/c20-16-7-5-15(6-8-16)17-11-24-19(22-17)26-18(23-24)21-10-9-13-1-3-14(12-25)4-2-13/h1-8,11,25H,9-10,12H2,(H,21,23). The Hall–Kier alpha value is -2.77. The Morgan fingerprint density at radius 1 is 1.04 bits per heavy atom. The lowest BCUT2D eigenvalue weighted by Crippen LogP contribution is -2.05. The van der Waals surface area contributed by atoms with Gasteiger partial charge in [0.25, 0.3) is 0 Å². The van der Waals surface area contributed by atoms with Crippen molar-refractivity contribution in [2.75, 3.05) is 11.9 Å². The van der Waals surface area contributed by atoms with E-state index < -0.39 is 0 Å². The summed E-state index contributed by atoms with van der Waals surface area (Å²) < 4.78 is 14.8. The van der Waals surface area contributed by atoms with E-state index in [0.29, 0.717) is 0 Å². The molecule has 7 heteroatoms. The van der Waals surface area contributed by atoms with Crippen LogP contribution >= 0.6 is 11.3 Å². The molecule has 0 saturated heterocycles. The van der Waals surface area contributed by atoms with Gasteiger partial charge in [-0.15, -0.1) is 5.10 Å². The van der Waals surface area contributed by atoms with Crippen molar-refractivity contribution in [1.29, 1.82) is 0 Å². The summed E-state index contributed by atoms with van der Waals surface area (Å²) in [4.78, 5) is 5.34. The summed E-state index contributed by atoms with van der Waals surface area (Å²) in [5, 5.41) is 17.7. The summed E-state index contributed by atoms with van der Waals surface area (Å²) in [5.41, 5.74) is 3.76. The van der Waals surface area contributed by atoms with E-state index in [-0.39, 0.29) is 12.4 Å². The second-order valence-corrected chi connectivity index (χ2v) is 6.87. The zero-order valence-electron chi connectivity index (χ0n) is 13.9. The highest BCUT2D eigenvalue weighted by Gasteiger charge is 2.09. The van der Waals surface area contributed by atoms with Gasteiger partial charge in [0.1, 0.15) is 5.82 Å². The Morgan fingerprint density at radius 2 is 1.77 bits per heavy atom. The van der Waals surface area contributed by atoms with Crippen LogP contribution in [-0.4, -0.2) is 26.2 Å². The second kappa shape index (κ2) is 7.23. The van der Waals surface area contributed by atoms with Crippen molar-refractivity contribution in [3.63, 3.8) is 0 Å². The third-order valence-corrected chi connectivity index (χ3v) is 4.96. The molecule has 0 aliphatic rings. The number of benzene rings is 2. The molecule has 0 bridgehead atoms. The molecule has 26 heavy (non-hydrogen) atoms. The van der Waals surface area contributed by atoms with Crippen molar-refractivity contribution < 1.29 is 9.50 Å². The van der Waals surface area contributed by atoms with E-state index in [1.165, 1.54) is 29.0 Å². The molecule has 0 unspecified atom stereocenters. The van der Waals surface area contributed by atoms with Crippen LogP contribution in [0.4, 0.5) is 9.52 Å². The van der Waals surface area contributed by atoms with Crippen molar-refractivity contribution in [2.24, 2.45) is 0 Å². The number of nitrogens with zero attached hydrogens (tertiary/aromatic N) is 3. The number of aromatic nitrogens is 3. The van der Waals surface area contributed by atoms with E-state index in [0.717, 1.165) is 39.9 Å². The Kier molecular flexibility index (Phi) is 4.64. The molecule has 2 aromatic heterocycles. The fourth-order valence-electron chi connectivity index (χ4n) is 2.66. The molecule has 0 aliphatic carbocycles. The lowest BCUT2D eigenvalue weighted by atomic mass is 10.1. The fraction of sp³-hybridized carbons (Fsp3) is 0.158. The molecular weight excluding hydrogens is 351 g/mol. The molecule has 0 spiro atoms. The number of rotatable bonds is 6. The van der Waals surface area contributed by atoms with Crippen LogP contribution in [0.5, 0.6) is 0 Å². The second-order valence-electron chi connectivity index (χ2n) is 5.92. The van der Waals surface area contributed by atoms with Crippen LogP contribution in [0.25, 0.3) is 16.2 Å². The van der Waals surface area contributed by atoms with Crippen LogP contribution in [0, 0.1) is 5.82 Å². The van der Waals surface area contributed by atoms with Gasteiger partial charge < -0.3 is 10.4 Å². The lowest BCUT2D eigenvalue weighted by molar-refractivity contribution is 0.282. The average Bonchev–Trinajstić information content (AvgIpc) is 3.22. The molecule has 0 atom stereocenters. The van der Waals surface area contributed by atoms with E-state index in [2.05, 4.69) is 15.4 Å². The molecule has 0 saturated carbocycles. The summed E-state index contributed by atoms with van der Waals surface area (Å²) in [6, 6.07) is 14.2. The first kappa shape index (κ1) is 16.7. The van der Waals surface area contributed by atoms with Gasteiger partial charge in [0.05, 0.1) is 18.5 Å². The quantitative estimate of drug-likeness (QED) is 0.544. The number of aliphatic hydroxyl groups is 1. The van der Waals surface area contributed by atoms with E-state index in [9.17, 15) is 4.39 Å². The van der Waals surface area contributed by atoms with E-state index in [4.69, 9.17) is 5.11 Å². The van der Waals surface area contributed by atoms with Crippen LogP contribution in [0.15, 0.2) is 54.7 Å². The number of aliphatic hydroxyl groups excluding tert-OH is 1. The summed E-state index contributed by atoms with van der Waals surface area (Å²) in [5.74, 6) is -0.259. The van der Waals surface area contributed by atoms with Gasteiger partial charge in [-0.05, 0) is 41.8 Å². The maximum atomic E-state index is 13.0. The Bertz CT molecular complexity index is 977. The molecule has 0 amide bonds.